The summed E-state index contributed by atoms with van der Waals surface area (Å²) in [6.45, 7) is 7.36. The van der Waals surface area contributed by atoms with Crippen LogP contribution in [0, 0.1) is 25.1 Å². The van der Waals surface area contributed by atoms with Gasteiger partial charge in [-0.25, -0.2) is 4.39 Å². The molecule has 2 fully saturated rings. The fourth-order valence-electron chi connectivity index (χ4n) is 5.03. The van der Waals surface area contributed by atoms with Crippen molar-refractivity contribution in [3.05, 3.63) is 68.9 Å². The minimum Gasteiger partial charge on any atom is -0.338 e. The number of aromatic nitrogens is 1. The summed E-state index contributed by atoms with van der Waals surface area (Å²) in [6, 6.07) is 8.78. The number of nitrogens with one attached hydrogen (secondary N) is 1. The van der Waals surface area contributed by atoms with Crippen LogP contribution in [0.15, 0.2) is 35.1 Å². The van der Waals surface area contributed by atoms with E-state index in [0.717, 1.165) is 49.2 Å². The minimum atomic E-state index is -0.307. The maximum absolute atomic E-state index is 14.1. The van der Waals surface area contributed by atoms with Gasteiger partial charge in [-0.1, -0.05) is 18.2 Å². The molecular weight excluding hydrogens is 369 g/mol. The molecule has 0 aliphatic carbocycles. The van der Waals surface area contributed by atoms with E-state index in [1.165, 1.54) is 6.07 Å². The van der Waals surface area contributed by atoms with Gasteiger partial charge in [-0.3, -0.25) is 14.5 Å². The van der Waals surface area contributed by atoms with Crippen molar-refractivity contribution < 1.29 is 9.18 Å². The Morgan fingerprint density at radius 3 is 2.72 bits per heavy atom. The third kappa shape index (κ3) is 3.99. The first-order chi connectivity index (χ1) is 13.9. The van der Waals surface area contributed by atoms with Gasteiger partial charge in [-0.2, -0.15) is 0 Å². The average Bonchev–Trinajstić information content (AvgIpc) is 3.06. The van der Waals surface area contributed by atoms with Crippen molar-refractivity contribution in [1.82, 2.24) is 14.8 Å². The number of aryl methyl sites for hydroxylation is 2. The van der Waals surface area contributed by atoms with Gasteiger partial charge in [0.25, 0.3) is 11.5 Å². The number of benzene rings is 1. The molecule has 1 spiro atoms. The molecule has 3 heterocycles. The zero-order valence-corrected chi connectivity index (χ0v) is 17.1. The Morgan fingerprint density at radius 1 is 1.17 bits per heavy atom. The van der Waals surface area contributed by atoms with Crippen molar-refractivity contribution in [1.29, 1.82) is 0 Å². The van der Waals surface area contributed by atoms with Crippen LogP contribution in [0.3, 0.4) is 0 Å². The first-order valence-electron chi connectivity index (χ1n) is 10.3. The van der Waals surface area contributed by atoms with Gasteiger partial charge in [0.05, 0.1) is 0 Å². The quantitative estimate of drug-likeness (QED) is 0.865. The number of H-pyrrole nitrogens is 1. The van der Waals surface area contributed by atoms with E-state index >= 15 is 0 Å². The molecule has 0 saturated carbocycles. The van der Waals surface area contributed by atoms with Gasteiger partial charge < -0.3 is 9.88 Å². The molecule has 1 N–H and O–H groups in total. The Balaban J connectivity index is 1.48. The lowest BCUT2D eigenvalue weighted by atomic mass is 9.79. The van der Waals surface area contributed by atoms with Crippen LogP contribution in [0.2, 0.25) is 0 Å². The smallest absolute Gasteiger partial charge is 0.261 e. The van der Waals surface area contributed by atoms with Crippen LogP contribution < -0.4 is 5.56 Å². The van der Waals surface area contributed by atoms with Crippen LogP contribution in [0.25, 0.3) is 0 Å². The highest BCUT2D eigenvalue weighted by Crippen LogP contribution is 2.39. The lowest BCUT2D eigenvalue weighted by molar-refractivity contribution is 0.0671. The topological polar surface area (TPSA) is 56.4 Å². The van der Waals surface area contributed by atoms with Crippen LogP contribution in [-0.4, -0.2) is 46.9 Å². The molecule has 2 aliphatic heterocycles. The summed E-state index contributed by atoms with van der Waals surface area (Å²) in [7, 11) is 0. The Kier molecular flexibility index (Phi) is 5.30. The summed E-state index contributed by atoms with van der Waals surface area (Å²) >= 11 is 0. The molecule has 1 aromatic heterocycles. The van der Waals surface area contributed by atoms with E-state index < -0.39 is 0 Å². The highest BCUT2D eigenvalue weighted by atomic mass is 19.1. The average molecular weight is 397 g/mol. The molecule has 154 valence electrons. The lowest BCUT2D eigenvalue weighted by Gasteiger charge is -2.40. The number of amides is 1. The molecule has 0 unspecified atom stereocenters. The molecular formula is C23H28FN3O2. The second-order valence-electron chi connectivity index (χ2n) is 8.72. The third-order valence-corrected chi connectivity index (χ3v) is 6.40. The molecule has 0 bridgehead atoms. The minimum absolute atomic E-state index is 0.0323. The Labute approximate surface area is 170 Å². The van der Waals surface area contributed by atoms with E-state index in [0.29, 0.717) is 19.6 Å². The highest BCUT2D eigenvalue weighted by Gasteiger charge is 2.43. The van der Waals surface area contributed by atoms with E-state index in [2.05, 4.69) is 9.88 Å². The molecule has 0 radical (unpaired) electrons. The maximum Gasteiger partial charge on any atom is 0.261 e. The largest absolute Gasteiger partial charge is 0.338 e. The number of nitrogens with zero attached hydrogens (tertiary/aromatic N) is 2. The number of hydrogen-bond acceptors (Lipinski definition) is 3. The van der Waals surface area contributed by atoms with Crippen LogP contribution >= 0.6 is 0 Å². The van der Waals surface area contributed by atoms with Crippen molar-refractivity contribution in [2.75, 3.05) is 26.2 Å². The summed E-state index contributed by atoms with van der Waals surface area (Å²) in [5, 5.41) is 0. The maximum atomic E-state index is 14.1. The van der Waals surface area contributed by atoms with Gasteiger partial charge in [-0.05, 0) is 57.4 Å². The molecule has 1 aromatic carbocycles. The van der Waals surface area contributed by atoms with Crippen molar-refractivity contribution in [3.63, 3.8) is 0 Å². The Bertz CT molecular complexity index is 986. The van der Waals surface area contributed by atoms with Gasteiger partial charge in [-0.15, -0.1) is 0 Å². The molecule has 2 saturated heterocycles. The number of rotatable bonds is 3. The fraction of sp³-hybridized carbons (Fsp3) is 0.478. The van der Waals surface area contributed by atoms with Gasteiger partial charge in [0.1, 0.15) is 11.4 Å². The van der Waals surface area contributed by atoms with Crippen LogP contribution in [0.1, 0.15) is 46.4 Å². The van der Waals surface area contributed by atoms with E-state index in [1.54, 1.807) is 6.07 Å². The van der Waals surface area contributed by atoms with E-state index in [9.17, 15) is 14.0 Å². The normalized spacial score (nSPS) is 22.4. The number of carbonyl (C=O) groups is 1. The van der Waals surface area contributed by atoms with Crippen molar-refractivity contribution in [3.8, 4) is 0 Å². The van der Waals surface area contributed by atoms with E-state index in [-0.39, 0.29) is 28.3 Å². The second-order valence-corrected chi connectivity index (χ2v) is 8.72. The molecule has 1 amide bonds. The highest BCUT2D eigenvalue weighted by molar-refractivity contribution is 5.95. The summed E-state index contributed by atoms with van der Waals surface area (Å²) in [5.41, 5.74) is 2.19. The van der Waals surface area contributed by atoms with Gasteiger partial charge in [0.15, 0.2) is 0 Å². The molecule has 6 heteroatoms. The first kappa shape index (κ1) is 19.8. The lowest BCUT2D eigenvalue weighted by Crippen LogP contribution is -2.45. The second kappa shape index (κ2) is 7.75. The zero-order chi connectivity index (χ0) is 20.6. The summed E-state index contributed by atoms with van der Waals surface area (Å²) in [4.78, 5) is 32.3. The van der Waals surface area contributed by atoms with Crippen LogP contribution in [-0.2, 0) is 6.54 Å². The van der Waals surface area contributed by atoms with E-state index in [4.69, 9.17) is 0 Å². The first-order valence-corrected chi connectivity index (χ1v) is 10.3. The van der Waals surface area contributed by atoms with Gasteiger partial charge >= 0.3 is 0 Å². The monoisotopic (exact) mass is 397 g/mol. The number of carbonyl (C=O) groups excluding carboxylic acids is 1. The molecule has 1 atom stereocenters. The van der Waals surface area contributed by atoms with Gasteiger partial charge in [0, 0.05) is 42.9 Å². The van der Waals surface area contributed by atoms with Crippen molar-refractivity contribution in [2.45, 2.75) is 39.7 Å². The number of halogens is 1. The number of pyridine rings is 1. The number of likely N-dealkylation sites (tertiary alicyclic amines) is 2. The summed E-state index contributed by atoms with van der Waals surface area (Å²) < 4.78 is 14.1. The van der Waals surface area contributed by atoms with Crippen LogP contribution in [0.5, 0.6) is 0 Å². The van der Waals surface area contributed by atoms with Crippen molar-refractivity contribution in [2.24, 2.45) is 5.41 Å². The molecule has 29 heavy (non-hydrogen) atoms. The molecule has 4 rings (SSSR count). The Hall–Kier alpha value is -2.47. The fourth-order valence-corrected chi connectivity index (χ4v) is 5.03. The summed E-state index contributed by atoms with van der Waals surface area (Å²) in [5.74, 6) is -0.337. The molecule has 2 aliphatic rings. The van der Waals surface area contributed by atoms with Crippen LogP contribution in [0.4, 0.5) is 4.39 Å². The standard InChI is InChI=1S/C23H28FN3O2/c1-16-12-17(2)25-21(28)20(16)22(29)27-11-9-23(15-27)8-5-10-26(14-23)13-18-6-3-4-7-19(18)24/h3-4,6-7,12H,5,8-11,13-15H2,1-2H3,(H,25,28)/t23-/m0/s1. The molecule has 5 nitrogen and oxygen atoms in total. The third-order valence-electron chi connectivity index (χ3n) is 6.40. The predicted octanol–water partition coefficient (Wildman–Crippen LogP) is 3.26. The van der Waals surface area contributed by atoms with E-state index in [1.807, 2.05) is 36.9 Å². The zero-order valence-electron chi connectivity index (χ0n) is 17.1. The number of piperidine rings is 1. The van der Waals surface area contributed by atoms with Crippen molar-refractivity contribution >= 4 is 5.91 Å². The Morgan fingerprint density at radius 2 is 1.97 bits per heavy atom. The summed E-state index contributed by atoms with van der Waals surface area (Å²) in [6.07, 6.45) is 3.03. The number of aromatic amines is 1. The van der Waals surface area contributed by atoms with Gasteiger partial charge in [0.2, 0.25) is 0 Å². The molecule has 2 aromatic rings. The SMILES string of the molecule is Cc1cc(C)c(C(=O)N2CC[C@]3(CCCN(Cc4ccccc4F)C3)C2)c(=O)[nH]1. The predicted molar refractivity (Wildman–Crippen MR) is 110 cm³/mol. The number of hydrogen-bond donors (Lipinski definition) is 1.